The number of halogens is 1. The fourth-order valence-corrected chi connectivity index (χ4v) is 4.62. The lowest BCUT2D eigenvalue weighted by Gasteiger charge is -2.24. The van der Waals surface area contributed by atoms with Crippen LogP contribution in [0.1, 0.15) is 70.6 Å². The van der Waals surface area contributed by atoms with E-state index in [0.717, 1.165) is 17.8 Å². The van der Waals surface area contributed by atoms with Gasteiger partial charge in [0.05, 0.1) is 0 Å². The van der Waals surface area contributed by atoms with E-state index in [0.29, 0.717) is 0 Å². The SMILES string of the molecule is CC(C)CCCC(C)CCC1CCc2[nH]c3cc(Br)ccc3c2C1. The minimum atomic E-state index is 0.857. The molecule has 132 valence electrons. The van der Waals surface area contributed by atoms with E-state index in [1.165, 1.54) is 72.4 Å². The van der Waals surface area contributed by atoms with Gasteiger partial charge in [-0.15, -0.1) is 0 Å². The number of rotatable bonds is 7. The van der Waals surface area contributed by atoms with Crippen molar-refractivity contribution in [2.24, 2.45) is 17.8 Å². The van der Waals surface area contributed by atoms with Gasteiger partial charge in [0.25, 0.3) is 0 Å². The number of aromatic nitrogens is 1. The summed E-state index contributed by atoms with van der Waals surface area (Å²) in [5.74, 6) is 2.63. The molecular weight excluding hydrogens is 358 g/mol. The average molecular weight is 390 g/mol. The number of aromatic amines is 1. The summed E-state index contributed by atoms with van der Waals surface area (Å²) in [6, 6.07) is 6.68. The maximum absolute atomic E-state index is 3.65. The van der Waals surface area contributed by atoms with Crippen molar-refractivity contribution in [2.75, 3.05) is 0 Å². The first-order chi connectivity index (χ1) is 11.5. The molecule has 0 fully saturated rings. The summed E-state index contributed by atoms with van der Waals surface area (Å²) in [5.41, 5.74) is 4.39. The average Bonchev–Trinajstić information content (AvgIpc) is 2.89. The van der Waals surface area contributed by atoms with E-state index in [9.17, 15) is 0 Å². The van der Waals surface area contributed by atoms with Gasteiger partial charge in [0.1, 0.15) is 0 Å². The van der Waals surface area contributed by atoms with Crippen LogP contribution in [0.4, 0.5) is 0 Å². The van der Waals surface area contributed by atoms with Crippen molar-refractivity contribution in [3.8, 4) is 0 Å². The molecule has 0 saturated heterocycles. The smallest absolute Gasteiger partial charge is 0.0470 e. The molecule has 1 aliphatic carbocycles. The molecule has 2 aromatic rings. The van der Waals surface area contributed by atoms with Gasteiger partial charge in [0.15, 0.2) is 0 Å². The Balaban J connectivity index is 1.54. The van der Waals surface area contributed by atoms with Gasteiger partial charge in [0, 0.05) is 21.1 Å². The quantitative estimate of drug-likeness (QED) is 0.511. The largest absolute Gasteiger partial charge is 0.358 e. The summed E-state index contributed by atoms with van der Waals surface area (Å²) in [5, 5.41) is 1.45. The fraction of sp³-hybridized carbons (Fsp3) is 0.636. The van der Waals surface area contributed by atoms with Crippen LogP contribution in [0.3, 0.4) is 0 Å². The maximum Gasteiger partial charge on any atom is 0.0470 e. The lowest BCUT2D eigenvalue weighted by molar-refractivity contribution is 0.354. The lowest BCUT2D eigenvalue weighted by Crippen LogP contribution is -2.14. The molecule has 1 N–H and O–H groups in total. The minimum Gasteiger partial charge on any atom is -0.358 e. The first-order valence-electron chi connectivity index (χ1n) is 9.82. The number of hydrogen-bond donors (Lipinski definition) is 1. The molecular formula is C22H32BrN. The van der Waals surface area contributed by atoms with Gasteiger partial charge in [-0.25, -0.2) is 0 Å². The Morgan fingerprint density at radius 2 is 2.00 bits per heavy atom. The molecule has 24 heavy (non-hydrogen) atoms. The van der Waals surface area contributed by atoms with Gasteiger partial charge in [-0.3, -0.25) is 0 Å². The van der Waals surface area contributed by atoms with E-state index in [-0.39, 0.29) is 0 Å². The second-order valence-corrected chi connectivity index (χ2v) is 9.30. The summed E-state index contributed by atoms with van der Waals surface area (Å²) in [6.45, 7) is 7.13. The highest BCUT2D eigenvalue weighted by Crippen LogP contribution is 2.35. The van der Waals surface area contributed by atoms with Crippen molar-refractivity contribution in [2.45, 2.75) is 72.1 Å². The molecule has 1 heterocycles. The van der Waals surface area contributed by atoms with Crippen molar-refractivity contribution in [1.82, 2.24) is 4.98 Å². The van der Waals surface area contributed by atoms with E-state index in [2.05, 4.69) is 59.9 Å². The zero-order valence-corrected chi connectivity index (χ0v) is 17.1. The Hall–Kier alpha value is -0.760. The first-order valence-corrected chi connectivity index (χ1v) is 10.6. The second kappa shape index (κ2) is 8.08. The van der Waals surface area contributed by atoms with Gasteiger partial charge < -0.3 is 4.98 Å². The van der Waals surface area contributed by atoms with E-state index in [4.69, 9.17) is 0 Å². The number of nitrogens with one attached hydrogen (secondary N) is 1. The zero-order chi connectivity index (χ0) is 17.1. The molecule has 2 heteroatoms. The van der Waals surface area contributed by atoms with E-state index >= 15 is 0 Å². The van der Waals surface area contributed by atoms with E-state index in [1.54, 1.807) is 5.56 Å². The van der Waals surface area contributed by atoms with Crippen LogP contribution in [0.25, 0.3) is 10.9 Å². The van der Waals surface area contributed by atoms with E-state index < -0.39 is 0 Å². The minimum absolute atomic E-state index is 0.857. The summed E-state index contributed by atoms with van der Waals surface area (Å²) < 4.78 is 1.17. The Kier molecular flexibility index (Phi) is 6.07. The highest BCUT2D eigenvalue weighted by molar-refractivity contribution is 9.10. The molecule has 0 saturated carbocycles. The number of fused-ring (bicyclic) bond motifs is 3. The summed E-state index contributed by atoms with van der Waals surface area (Å²) in [4.78, 5) is 3.65. The predicted octanol–water partition coefficient (Wildman–Crippen LogP) is 7.28. The summed E-state index contributed by atoms with van der Waals surface area (Å²) in [6.07, 6.45) is 10.9. The predicted molar refractivity (Wildman–Crippen MR) is 109 cm³/mol. The second-order valence-electron chi connectivity index (χ2n) is 8.39. The van der Waals surface area contributed by atoms with Gasteiger partial charge in [0.2, 0.25) is 0 Å². The van der Waals surface area contributed by atoms with E-state index in [1.807, 2.05) is 0 Å². The lowest BCUT2D eigenvalue weighted by atomic mass is 9.82. The maximum atomic E-state index is 3.65. The Labute approximate surface area is 155 Å². The van der Waals surface area contributed by atoms with Crippen LogP contribution in [0.2, 0.25) is 0 Å². The summed E-state index contributed by atoms with van der Waals surface area (Å²) in [7, 11) is 0. The topological polar surface area (TPSA) is 15.8 Å². The third-order valence-electron chi connectivity index (χ3n) is 5.80. The number of benzene rings is 1. The van der Waals surface area contributed by atoms with Gasteiger partial charge in [-0.05, 0) is 61.1 Å². The number of hydrogen-bond acceptors (Lipinski definition) is 0. The van der Waals surface area contributed by atoms with Crippen molar-refractivity contribution in [1.29, 1.82) is 0 Å². The molecule has 0 amide bonds. The van der Waals surface area contributed by atoms with Crippen LogP contribution < -0.4 is 0 Å². The van der Waals surface area contributed by atoms with Gasteiger partial charge in [-0.1, -0.05) is 68.5 Å². The first kappa shape index (κ1) is 18.0. The van der Waals surface area contributed by atoms with Crippen molar-refractivity contribution in [3.63, 3.8) is 0 Å². The fourth-order valence-electron chi connectivity index (χ4n) is 4.25. The van der Waals surface area contributed by atoms with Crippen LogP contribution in [0, 0.1) is 17.8 Å². The Morgan fingerprint density at radius 3 is 2.79 bits per heavy atom. The van der Waals surface area contributed by atoms with Gasteiger partial charge in [-0.2, -0.15) is 0 Å². The monoisotopic (exact) mass is 389 g/mol. The van der Waals surface area contributed by atoms with Crippen LogP contribution in [-0.4, -0.2) is 4.98 Å². The van der Waals surface area contributed by atoms with Crippen LogP contribution >= 0.6 is 15.9 Å². The molecule has 2 atom stereocenters. The number of H-pyrrole nitrogens is 1. The molecule has 0 aliphatic heterocycles. The molecule has 0 radical (unpaired) electrons. The molecule has 1 aliphatic rings. The zero-order valence-electron chi connectivity index (χ0n) is 15.5. The van der Waals surface area contributed by atoms with Crippen LogP contribution in [-0.2, 0) is 12.8 Å². The standard InChI is InChI=1S/C22H32BrN/c1-15(2)5-4-6-16(3)7-8-17-9-12-21-20(13-17)19-11-10-18(23)14-22(19)24-21/h10-11,14-17,24H,4-9,12-13H2,1-3H3. The molecule has 0 bridgehead atoms. The van der Waals surface area contributed by atoms with Crippen molar-refractivity contribution >= 4 is 26.8 Å². The molecule has 1 nitrogen and oxygen atoms in total. The molecule has 0 spiro atoms. The highest BCUT2D eigenvalue weighted by Gasteiger charge is 2.22. The molecule has 1 aromatic heterocycles. The Morgan fingerprint density at radius 1 is 1.17 bits per heavy atom. The van der Waals surface area contributed by atoms with Gasteiger partial charge >= 0.3 is 0 Å². The molecule has 3 rings (SSSR count). The van der Waals surface area contributed by atoms with Crippen LogP contribution in [0.5, 0.6) is 0 Å². The summed E-state index contributed by atoms with van der Waals surface area (Å²) >= 11 is 3.59. The highest BCUT2D eigenvalue weighted by atomic mass is 79.9. The third-order valence-corrected chi connectivity index (χ3v) is 6.29. The normalized spacial score (nSPS) is 19.0. The van der Waals surface area contributed by atoms with Crippen molar-refractivity contribution < 1.29 is 0 Å². The third kappa shape index (κ3) is 4.45. The van der Waals surface area contributed by atoms with Crippen molar-refractivity contribution in [3.05, 3.63) is 33.9 Å². The Bertz CT molecular complexity index is 670. The number of aryl methyl sites for hydroxylation is 1. The van der Waals surface area contributed by atoms with Crippen LogP contribution in [0.15, 0.2) is 22.7 Å². The molecule has 2 unspecified atom stereocenters. The molecule has 1 aromatic carbocycles.